The van der Waals surface area contributed by atoms with Gasteiger partial charge in [0.1, 0.15) is 6.04 Å². The zero-order valence-corrected chi connectivity index (χ0v) is 16.3. The third-order valence-electron chi connectivity index (χ3n) is 5.58. The van der Waals surface area contributed by atoms with Crippen LogP contribution >= 0.6 is 0 Å². The van der Waals surface area contributed by atoms with Crippen molar-refractivity contribution in [3.8, 4) is 22.8 Å². The number of nitrogens with zero attached hydrogens (tertiary/aromatic N) is 4. The summed E-state index contributed by atoms with van der Waals surface area (Å²) in [5.74, 6) is 0.438. The molecule has 150 valence electrons. The van der Waals surface area contributed by atoms with E-state index < -0.39 is 11.9 Å². The maximum Gasteiger partial charge on any atom is 0.255 e. The van der Waals surface area contributed by atoms with Crippen LogP contribution in [0.1, 0.15) is 28.8 Å². The lowest BCUT2D eigenvalue weighted by Gasteiger charge is -2.29. The second-order valence-corrected chi connectivity index (χ2v) is 7.52. The molecule has 2 aliphatic rings. The second-order valence-electron chi connectivity index (χ2n) is 7.52. The Balaban J connectivity index is 1.44. The van der Waals surface area contributed by atoms with Gasteiger partial charge in [0.05, 0.1) is 0 Å². The fourth-order valence-electron chi connectivity index (χ4n) is 4.06. The predicted octanol–water partition coefficient (Wildman–Crippen LogP) is 1.91. The average molecular weight is 401 g/mol. The van der Waals surface area contributed by atoms with Crippen molar-refractivity contribution in [2.45, 2.75) is 25.4 Å². The van der Waals surface area contributed by atoms with E-state index >= 15 is 0 Å². The third kappa shape index (κ3) is 2.97. The Morgan fingerprint density at radius 2 is 1.83 bits per heavy atom. The Bertz CT molecular complexity index is 1180. The summed E-state index contributed by atoms with van der Waals surface area (Å²) in [6, 6.07) is 14.7. The molecule has 1 unspecified atom stereocenters. The van der Waals surface area contributed by atoms with Crippen LogP contribution in [0.25, 0.3) is 22.8 Å². The SMILES string of the molecule is Cn1nc(-c2ccc3c(c2)CN(C2CCC(=O)NC2=O)C3=O)nc1-c1ccccc1. The molecule has 1 atom stereocenters. The molecule has 1 N–H and O–H groups in total. The number of hydrogen-bond acceptors (Lipinski definition) is 5. The molecule has 3 amide bonds. The quantitative estimate of drug-likeness (QED) is 0.676. The van der Waals surface area contributed by atoms with Gasteiger partial charge in [-0.15, -0.1) is 0 Å². The predicted molar refractivity (Wildman–Crippen MR) is 108 cm³/mol. The van der Waals surface area contributed by atoms with Gasteiger partial charge in [-0.2, -0.15) is 5.10 Å². The average Bonchev–Trinajstić information content (AvgIpc) is 3.29. The summed E-state index contributed by atoms with van der Waals surface area (Å²) in [6.45, 7) is 0.326. The number of imide groups is 1. The zero-order valence-electron chi connectivity index (χ0n) is 16.3. The number of hydrogen-bond donors (Lipinski definition) is 1. The minimum Gasteiger partial charge on any atom is -0.322 e. The van der Waals surface area contributed by atoms with Crippen molar-refractivity contribution in [1.82, 2.24) is 25.0 Å². The molecular weight excluding hydrogens is 382 g/mol. The molecule has 1 saturated heterocycles. The number of carbonyl (C=O) groups is 3. The number of aryl methyl sites for hydroxylation is 1. The van der Waals surface area contributed by atoms with Crippen LogP contribution in [0.4, 0.5) is 0 Å². The van der Waals surface area contributed by atoms with E-state index in [1.807, 2.05) is 49.5 Å². The maximum absolute atomic E-state index is 12.8. The maximum atomic E-state index is 12.8. The minimum atomic E-state index is -0.622. The van der Waals surface area contributed by atoms with Crippen molar-refractivity contribution < 1.29 is 14.4 Å². The molecular formula is C22H19N5O3. The summed E-state index contributed by atoms with van der Waals surface area (Å²) < 4.78 is 1.73. The smallest absolute Gasteiger partial charge is 0.255 e. The topological polar surface area (TPSA) is 97.2 Å². The first kappa shape index (κ1) is 18.2. The van der Waals surface area contributed by atoms with Crippen LogP contribution in [0.3, 0.4) is 0 Å². The first-order valence-electron chi connectivity index (χ1n) is 9.75. The molecule has 3 heterocycles. The van der Waals surface area contributed by atoms with Gasteiger partial charge in [-0.05, 0) is 24.1 Å². The van der Waals surface area contributed by atoms with Gasteiger partial charge in [0, 0.05) is 36.7 Å². The van der Waals surface area contributed by atoms with Crippen LogP contribution in [-0.2, 0) is 23.2 Å². The molecule has 1 fully saturated rings. The Morgan fingerprint density at radius 1 is 1.03 bits per heavy atom. The van der Waals surface area contributed by atoms with Gasteiger partial charge in [-0.1, -0.05) is 36.4 Å². The Hall–Kier alpha value is -3.81. The van der Waals surface area contributed by atoms with E-state index in [1.165, 1.54) is 4.90 Å². The van der Waals surface area contributed by atoms with E-state index in [2.05, 4.69) is 15.4 Å². The van der Waals surface area contributed by atoms with Crippen molar-refractivity contribution in [2.75, 3.05) is 0 Å². The van der Waals surface area contributed by atoms with E-state index in [9.17, 15) is 14.4 Å². The molecule has 5 rings (SSSR count). The van der Waals surface area contributed by atoms with E-state index in [-0.39, 0.29) is 18.2 Å². The van der Waals surface area contributed by atoms with Crippen LogP contribution in [0.5, 0.6) is 0 Å². The van der Waals surface area contributed by atoms with Crippen molar-refractivity contribution in [1.29, 1.82) is 0 Å². The van der Waals surface area contributed by atoms with Crippen LogP contribution in [0, 0.1) is 0 Å². The molecule has 8 nitrogen and oxygen atoms in total. The molecule has 8 heteroatoms. The highest BCUT2D eigenvalue weighted by molar-refractivity contribution is 6.05. The molecule has 2 aromatic carbocycles. The van der Waals surface area contributed by atoms with E-state index in [1.54, 1.807) is 10.7 Å². The summed E-state index contributed by atoms with van der Waals surface area (Å²) in [5.41, 5.74) is 3.18. The number of piperidine rings is 1. The van der Waals surface area contributed by atoms with Crippen molar-refractivity contribution in [3.63, 3.8) is 0 Å². The van der Waals surface area contributed by atoms with Crippen LogP contribution in [-0.4, -0.2) is 43.4 Å². The number of carbonyl (C=O) groups excluding carboxylic acids is 3. The van der Waals surface area contributed by atoms with Crippen LogP contribution in [0.2, 0.25) is 0 Å². The number of fused-ring (bicyclic) bond motifs is 1. The molecule has 0 aliphatic carbocycles. The molecule has 0 saturated carbocycles. The number of benzene rings is 2. The molecule has 0 radical (unpaired) electrons. The molecule has 2 aliphatic heterocycles. The first-order valence-corrected chi connectivity index (χ1v) is 9.75. The van der Waals surface area contributed by atoms with Crippen LogP contribution in [0.15, 0.2) is 48.5 Å². The van der Waals surface area contributed by atoms with Crippen molar-refractivity contribution in [2.24, 2.45) is 7.05 Å². The molecule has 0 spiro atoms. The molecule has 1 aromatic heterocycles. The Labute approximate surface area is 172 Å². The lowest BCUT2D eigenvalue weighted by atomic mass is 10.0. The molecule has 30 heavy (non-hydrogen) atoms. The first-order chi connectivity index (χ1) is 14.5. The van der Waals surface area contributed by atoms with Gasteiger partial charge in [0.2, 0.25) is 11.8 Å². The zero-order chi connectivity index (χ0) is 20.8. The number of nitrogens with one attached hydrogen (secondary N) is 1. The van der Waals surface area contributed by atoms with Gasteiger partial charge in [-0.3, -0.25) is 19.7 Å². The molecule has 3 aromatic rings. The Kier molecular flexibility index (Phi) is 4.20. The van der Waals surface area contributed by atoms with Gasteiger partial charge in [-0.25, -0.2) is 9.67 Å². The lowest BCUT2D eigenvalue weighted by molar-refractivity contribution is -0.136. The largest absolute Gasteiger partial charge is 0.322 e. The summed E-state index contributed by atoms with van der Waals surface area (Å²) in [4.78, 5) is 42.7. The number of rotatable bonds is 3. The van der Waals surface area contributed by atoms with Gasteiger partial charge in [0.25, 0.3) is 5.91 Å². The standard InChI is InChI=1S/C22H19N5O3/c1-26-20(13-5-3-2-4-6-13)24-19(25-26)14-7-8-16-15(11-14)12-27(22(16)30)17-9-10-18(28)23-21(17)29/h2-8,11,17H,9-10,12H2,1H3,(H,23,28,29). The number of amides is 3. The van der Waals surface area contributed by atoms with Crippen LogP contribution < -0.4 is 5.32 Å². The normalized spacial score (nSPS) is 18.5. The highest BCUT2D eigenvalue weighted by atomic mass is 16.2. The highest BCUT2D eigenvalue weighted by Gasteiger charge is 2.39. The Morgan fingerprint density at radius 3 is 2.60 bits per heavy atom. The monoisotopic (exact) mass is 401 g/mol. The number of aromatic nitrogens is 3. The second kappa shape index (κ2) is 6.91. The fourth-order valence-corrected chi connectivity index (χ4v) is 4.06. The summed E-state index contributed by atoms with van der Waals surface area (Å²) >= 11 is 0. The van der Waals surface area contributed by atoms with Gasteiger partial charge < -0.3 is 4.90 Å². The molecule has 0 bridgehead atoms. The highest BCUT2D eigenvalue weighted by Crippen LogP contribution is 2.31. The lowest BCUT2D eigenvalue weighted by Crippen LogP contribution is -2.52. The summed E-state index contributed by atoms with van der Waals surface area (Å²) in [5, 5.41) is 6.86. The summed E-state index contributed by atoms with van der Waals surface area (Å²) in [7, 11) is 1.85. The van der Waals surface area contributed by atoms with E-state index in [0.29, 0.717) is 24.4 Å². The van der Waals surface area contributed by atoms with E-state index in [4.69, 9.17) is 0 Å². The minimum absolute atomic E-state index is 0.190. The van der Waals surface area contributed by atoms with Gasteiger partial charge in [0.15, 0.2) is 11.6 Å². The van der Waals surface area contributed by atoms with E-state index in [0.717, 1.165) is 22.5 Å². The van der Waals surface area contributed by atoms with Crippen molar-refractivity contribution >= 4 is 17.7 Å². The fraction of sp³-hybridized carbons (Fsp3) is 0.227. The van der Waals surface area contributed by atoms with Crippen molar-refractivity contribution in [3.05, 3.63) is 59.7 Å². The van der Waals surface area contributed by atoms with Gasteiger partial charge >= 0.3 is 0 Å². The summed E-state index contributed by atoms with van der Waals surface area (Å²) in [6.07, 6.45) is 0.585. The third-order valence-corrected chi connectivity index (χ3v) is 5.58.